The van der Waals surface area contributed by atoms with E-state index in [4.69, 9.17) is 10.2 Å². The van der Waals surface area contributed by atoms with E-state index in [2.05, 4.69) is 0 Å². The zero-order valence-electron chi connectivity index (χ0n) is 6.57. The molecule has 0 amide bonds. The van der Waals surface area contributed by atoms with Gasteiger partial charge in [-0.05, 0) is 6.92 Å². The predicted octanol–water partition coefficient (Wildman–Crippen LogP) is 0.0471. The van der Waals surface area contributed by atoms with Gasteiger partial charge in [-0.2, -0.15) is 0 Å². The van der Waals surface area contributed by atoms with Gasteiger partial charge in [0.05, 0.1) is 6.10 Å². The molecule has 0 unspecified atom stereocenters. The summed E-state index contributed by atoms with van der Waals surface area (Å²) in [5, 5.41) is 17.1. The second-order valence-corrected chi connectivity index (χ2v) is 2.57. The maximum absolute atomic E-state index is 10.9. The Kier molecular flexibility index (Phi) is 3.74. The molecule has 0 bridgehead atoms. The lowest BCUT2D eigenvalue weighted by Gasteiger charge is -2.10. The fourth-order valence-electron chi connectivity index (χ4n) is 0.579. The van der Waals surface area contributed by atoms with Gasteiger partial charge in [0.25, 0.3) is 0 Å². The van der Waals surface area contributed by atoms with Crippen LogP contribution in [0.4, 0.5) is 0 Å². The Hall–Kier alpha value is -0.900. The third-order valence-electron chi connectivity index (χ3n) is 1.56. The number of carboxylic acids is 1. The minimum absolute atomic E-state index is 0.437. The lowest BCUT2D eigenvalue weighted by molar-refractivity contribution is -0.141. The highest BCUT2D eigenvalue weighted by molar-refractivity contribution is 5.96. The Labute approximate surface area is 64.8 Å². The first-order valence-corrected chi connectivity index (χ1v) is 3.37. The van der Waals surface area contributed by atoms with Gasteiger partial charge in [-0.1, -0.05) is 6.92 Å². The van der Waals surface area contributed by atoms with E-state index in [1.54, 1.807) is 0 Å². The number of carbonyl (C=O) groups is 2. The smallest absolute Gasteiger partial charge is 0.310 e. The number of carbonyl (C=O) groups excluding carboxylic acids is 1. The van der Waals surface area contributed by atoms with Crippen molar-refractivity contribution in [2.45, 2.75) is 26.4 Å². The van der Waals surface area contributed by atoms with Gasteiger partial charge in [0.1, 0.15) is 12.2 Å². The summed E-state index contributed by atoms with van der Waals surface area (Å²) in [6.45, 7) is 2.97. The molecular formula is C7H12O4. The second-order valence-electron chi connectivity index (χ2n) is 2.57. The van der Waals surface area contributed by atoms with Crippen LogP contribution in [0.15, 0.2) is 0 Å². The summed E-state index contributed by atoms with van der Waals surface area (Å²) in [5.74, 6) is -2.18. The van der Waals surface area contributed by atoms with Crippen LogP contribution in [0.25, 0.3) is 0 Å². The highest BCUT2D eigenvalue weighted by Crippen LogP contribution is 2.05. The van der Waals surface area contributed by atoms with Gasteiger partial charge < -0.3 is 10.2 Å². The van der Waals surface area contributed by atoms with Gasteiger partial charge in [0.15, 0.2) is 0 Å². The number of Topliss-reactive ketones (excluding diaryl/α,β-unsaturated/α-hetero) is 1. The Balaban J connectivity index is 3.93. The Bertz CT molecular complexity index is 162. The van der Waals surface area contributed by atoms with Crippen LogP contribution in [0, 0.1) is 5.92 Å². The molecule has 0 aliphatic carbocycles. The van der Waals surface area contributed by atoms with Crippen LogP contribution in [0.3, 0.4) is 0 Å². The average molecular weight is 160 g/mol. The maximum atomic E-state index is 10.9. The topological polar surface area (TPSA) is 74.6 Å². The summed E-state index contributed by atoms with van der Waals surface area (Å²) in [7, 11) is 0. The number of aliphatic carboxylic acids is 1. The molecule has 0 spiro atoms. The molecule has 4 nitrogen and oxygen atoms in total. The minimum Gasteiger partial charge on any atom is -0.481 e. The van der Waals surface area contributed by atoms with Crippen LogP contribution in [-0.2, 0) is 9.59 Å². The van der Waals surface area contributed by atoms with E-state index in [0.29, 0.717) is 0 Å². The first-order chi connectivity index (χ1) is 4.95. The monoisotopic (exact) mass is 160 g/mol. The highest BCUT2D eigenvalue weighted by Gasteiger charge is 2.19. The largest absolute Gasteiger partial charge is 0.481 e. The molecule has 0 rings (SSSR count). The van der Waals surface area contributed by atoms with E-state index in [1.807, 2.05) is 0 Å². The quantitative estimate of drug-likeness (QED) is 0.570. The molecule has 0 saturated heterocycles. The van der Waals surface area contributed by atoms with Crippen molar-refractivity contribution >= 4 is 11.8 Å². The van der Waals surface area contributed by atoms with Gasteiger partial charge in [-0.3, -0.25) is 9.59 Å². The molecule has 4 heteroatoms. The Morgan fingerprint density at radius 1 is 1.36 bits per heavy atom. The summed E-state index contributed by atoms with van der Waals surface area (Å²) < 4.78 is 0. The lowest BCUT2D eigenvalue weighted by atomic mass is 9.99. The molecule has 2 atom stereocenters. The van der Waals surface area contributed by atoms with Crippen molar-refractivity contribution < 1.29 is 19.8 Å². The van der Waals surface area contributed by atoms with E-state index in [1.165, 1.54) is 13.8 Å². The van der Waals surface area contributed by atoms with Gasteiger partial charge in [-0.25, -0.2) is 0 Å². The van der Waals surface area contributed by atoms with E-state index in [-0.39, 0.29) is 0 Å². The third-order valence-corrected chi connectivity index (χ3v) is 1.56. The number of hydrogen-bond donors (Lipinski definition) is 2. The first kappa shape index (κ1) is 10.1. The van der Waals surface area contributed by atoms with Crippen molar-refractivity contribution in [3.8, 4) is 0 Å². The van der Waals surface area contributed by atoms with Gasteiger partial charge in [-0.15, -0.1) is 0 Å². The summed E-state index contributed by atoms with van der Waals surface area (Å²) in [4.78, 5) is 20.9. The molecule has 11 heavy (non-hydrogen) atoms. The Morgan fingerprint density at radius 2 is 1.82 bits per heavy atom. The molecule has 0 aromatic heterocycles. The standard InChI is InChI=1S/C7H12O4/c1-4(5(2)8)6(9)3-7(10)11/h4-5,8H,3H2,1-2H3,(H,10,11)/t4-,5+/m0/s1. The van der Waals surface area contributed by atoms with Crippen molar-refractivity contribution in [1.29, 1.82) is 0 Å². The van der Waals surface area contributed by atoms with Crippen LogP contribution in [0.2, 0.25) is 0 Å². The second kappa shape index (κ2) is 4.08. The lowest BCUT2D eigenvalue weighted by Crippen LogP contribution is -2.24. The molecule has 0 aromatic rings. The normalized spacial score (nSPS) is 15.5. The molecule has 0 aliphatic heterocycles. The molecule has 0 saturated carbocycles. The maximum Gasteiger partial charge on any atom is 0.310 e. The van der Waals surface area contributed by atoms with E-state index in [0.717, 1.165) is 0 Å². The van der Waals surface area contributed by atoms with Crippen LogP contribution in [0.1, 0.15) is 20.3 Å². The van der Waals surface area contributed by atoms with Crippen molar-refractivity contribution in [1.82, 2.24) is 0 Å². The van der Waals surface area contributed by atoms with Crippen LogP contribution in [-0.4, -0.2) is 28.1 Å². The van der Waals surface area contributed by atoms with E-state index in [9.17, 15) is 9.59 Å². The minimum atomic E-state index is -1.15. The van der Waals surface area contributed by atoms with Crippen molar-refractivity contribution in [2.75, 3.05) is 0 Å². The van der Waals surface area contributed by atoms with Crippen molar-refractivity contribution in [2.24, 2.45) is 5.92 Å². The fraction of sp³-hybridized carbons (Fsp3) is 0.714. The predicted molar refractivity (Wildman–Crippen MR) is 38.1 cm³/mol. The number of aliphatic hydroxyl groups excluding tert-OH is 1. The molecule has 0 radical (unpaired) electrons. The number of carboxylic acid groups (broad SMARTS) is 1. The summed E-state index contributed by atoms with van der Waals surface area (Å²) in [6.07, 6.45) is -1.28. The molecule has 0 heterocycles. The molecule has 2 N–H and O–H groups in total. The van der Waals surface area contributed by atoms with Crippen molar-refractivity contribution in [3.63, 3.8) is 0 Å². The van der Waals surface area contributed by atoms with Gasteiger partial charge in [0.2, 0.25) is 0 Å². The molecule has 0 aliphatic rings. The first-order valence-electron chi connectivity index (χ1n) is 3.37. The number of rotatable bonds is 4. The van der Waals surface area contributed by atoms with Crippen LogP contribution < -0.4 is 0 Å². The van der Waals surface area contributed by atoms with Crippen LogP contribution in [0.5, 0.6) is 0 Å². The zero-order chi connectivity index (χ0) is 9.02. The molecular weight excluding hydrogens is 148 g/mol. The molecule has 0 fully saturated rings. The van der Waals surface area contributed by atoms with Gasteiger partial charge in [0, 0.05) is 5.92 Å². The zero-order valence-corrected chi connectivity index (χ0v) is 6.57. The Morgan fingerprint density at radius 3 is 2.09 bits per heavy atom. The summed E-state index contributed by atoms with van der Waals surface area (Å²) in [5.41, 5.74) is 0. The van der Waals surface area contributed by atoms with E-state index < -0.39 is 30.2 Å². The summed E-state index contributed by atoms with van der Waals surface area (Å²) >= 11 is 0. The van der Waals surface area contributed by atoms with Gasteiger partial charge >= 0.3 is 5.97 Å². The number of ketones is 1. The number of hydrogen-bond acceptors (Lipinski definition) is 3. The molecule has 0 aromatic carbocycles. The molecule has 64 valence electrons. The fourth-order valence-corrected chi connectivity index (χ4v) is 0.579. The number of aliphatic hydroxyl groups is 1. The van der Waals surface area contributed by atoms with Crippen molar-refractivity contribution in [3.05, 3.63) is 0 Å². The highest BCUT2D eigenvalue weighted by atomic mass is 16.4. The average Bonchev–Trinajstić information content (AvgIpc) is 1.84. The SMILES string of the molecule is C[C@H](C(=O)CC(=O)O)[C@@H](C)O. The van der Waals surface area contributed by atoms with E-state index >= 15 is 0 Å². The third kappa shape index (κ3) is 3.72. The van der Waals surface area contributed by atoms with Crippen LogP contribution >= 0.6 is 0 Å². The summed E-state index contributed by atoms with van der Waals surface area (Å²) in [6, 6.07) is 0.